The van der Waals surface area contributed by atoms with Crippen LogP contribution >= 0.6 is 0 Å². The van der Waals surface area contributed by atoms with Gasteiger partial charge in [0.1, 0.15) is 11.0 Å². The van der Waals surface area contributed by atoms with Crippen LogP contribution in [0.1, 0.15) is 5.56 Å². The maximum atomic E-state index is 13.0. The van der Waals surface area contributed by atoms with Gasteiger partial charge in [-0.05, 0) is 30.3 Å². The summed E-state index contributed by atoms with van der Waals surface area (Å²) in [5.74, 6) is 0.294. The molecule has 0 radical (unpaired) electrons. The first-order valence-electron chi connectivity index (χ1n) is 9.50. The van der Waals surface area contributed by atoms with Crippen LogP contribution in [-0.2, 0) is 17.2 Å². The highest BCUT2D eigenvalue weighted by molar-refractivity contribution is 7.83. The first-order chi connectivity index (χ1) is 15.4. The molecule has 0 aliphatic rings. The second-order valence-corrected chi connectivity index (χ2v) is 8.03. The molecular weight excluding hydrogens is 443 g/mol. The zero-order valence-corrected chi connectivity index (χ0v) is 17.3. The predicted molar refractivity (Wildman–Crippen MR) is 115 cm³/mol. The molecular formula is C21H18F3N5O2S. The summed E-state index contributed by atoms with van der Waals surface area (Å²) in [6, 6.07) is 11.9. The van der Waals surface area contributed by atoms with Crippen molar-refractivity contribution in [3.05, 3.63) is 72.7 Å². The summed E-state index contributed by atoms with van der Waals surface area (Å²) in [5.41, 5.74) is 1.32. The van der Waals surface area contributed by atoms with Crippen molar-refractivity contribution in [2.45, 2.75) is 11.1 Å². The quantitative estimate of drug-likeness (QED) is 0.390. The number of nitrogens with zero attached hydrogens (tertiary/aromatic N) is 3. The number of anilines is 2. The van der Waals surface area contributed by atoms with E-state index in [1.165, 1.54) is 18.3 Å². The molecule has 7 nitrogen and oxygen atoms in total. The maximum absolute atomic E-state index is 13.0. The first kappa shape index (κ1) is 21.9. The van der Waals surface area contributed by atoms with E-state index < -0.39 is 22.7 Å². The minimum absolute atomic E-state index is 0.132. The number of hydrogen-bond donors (Lipinski definition) is 3. The molecule has 0 aliphatic heterocycles. The minimum Gasteiger partial charge on any atom is -0.395 e. The number of halogens is 3. The van der Waals surface area contributed by atoms with Crippen molar-refractivity contribution in [3.8, 4) is 11.3 Å². The Morgan fingerprint density at radius 2 is 1.91 bits per heavy atom. The van der Waals surface area contributed by atoms with Gasteiger partial charge in [-0.1, -0.05) is 18.2 Å². The normalized spacial score (nSPS) is 12.8. The fourth-order valence-electron chi connectivity index (χ4n) is 3.12. The molecule has 3 N–H and O–H groups in total. The first-order valence-corrected chi connectivity index (χ1v) is 10.6. The molecule has 1 unspecified atom stereocenters. The van der Waals surface area contributed by atoms with E-state index in [0.29, 0.717) is 22.1 Å². The van der Waals surface area contributed by atoms with Gasteiger partial charge in [0, 0.05) is 30.2 Å². The second-order valence-electron chi connectivity index (χ2n) is 6.73. The Morgan fingerprint density at radius 1 is 1.09 bits per heavy atom. The molecule has 4 rings (SSSR count). The van der Waals surface area contributed by atoms with Crippen LogP contribution in [0.5, 0.6) is 0 Å². The van der Waals surface area contributed by atoms with E-state index in [2.05, 4.69) is 20.0 Å². The van der Waals surface area contributed by atoms with E-state index >= 15 is 0 Å². The molecule has 32 heavy (non-hydrogen) atoms. The van der Waals surface area contributed by atoms with Crippen molar-refractivity contribution in [2.24, 2.45) is 0 Å². The maximum Gasteiger partial charge on any atom is 0.416 e. The Hall–Kier alpha value is -3.28. The molecule has 0 amide bonds. The summed E-state index contributed by atoms with van der Waals surface area (Å²) < 4.78 is 55.8. The molecule has 0 bridgehead atoms. The van der Waals surface area contributed by atoms with E-state index in [9.17, 15) is 17.4 Å². The number of aliphatic hydroxyl groups excluding tert-OH is 1. The van der Waals surface area contributed by atoms with Crippen molar-refractivity contribution in [1.29, 1.82) is 0 Å². The molecule has 0 saturated carbocycles. The van der Waals surface area contributed by atoms with Crippen molar-refractivity contribution in [3.63, 3.8) is 0 Å². The van der Waals surface area contributed by atoms with Crippen LogP contribution in [0.4, 0.5) is 24.7 Å². The van der Waals surface area contributed by atoms with E-state index in [-0.39, 0.29) is 18.8 Å². The Bertz CT molecular complexity index is 1280. The van der Waals surface area contributed by atoms with E-state index in [1.807, 2.05) is 6.07 Å². The van der Waals surface area contributed by atoms with E-state index in [1.54, 1.807) is 35.0 Å². The second kappa shape index (κ2) is 9.07. The standard InChI is InChI=1S/C21H18F3N5O2S/c22-21(23,24)15-4-2-5-16(12-15)28-19-20-26-13-18(29(20)9-7-25-19)14-3-1-6-17(11-14)32(31)27-8-10-30/h1-7,9,11-13,27,30H,8,10H2,(H,25,28). The highest BCUT2D eigenvalue weighted by atomic mass is 32.2. The van der Waals surface area contributed by atoms with Gasteiger partial charge in [-0.3, -0.25) is 4.40 Å². The molecule has 0 aliphatic carbocycles. The lowest BCUT2D eigenvalue weighted by molar-refractivity contribution is -0.137. The lowest BCUT2D eigenvalue weighted by Gasteiger charge is -2.11. The summed E-state index contributed by atoms with van der Waals surface area (Å²) in [6.07, 6.45) is 0.355. The Labute approximate surface area is 183 Å². The van der Waals surface area contributed by atoms with Crippen molar-refractivity contribution in [1.82, 2.24) is 19.1 Å². The fourth-order valence-corrected chi connectivity index (χ4v) is 4.00. The largest absolute Gasteiger partial charge is 0.416 e. The average molecular weight is 461 g/mol. The van der Waals surface area contributed by atoms with Gasteiger partial charge in [0.2, 0.25) is 0 Å². The number of fused-ring (bicyclic) bond motifs is 1. The van der Waals surface area contributed by atoms with Crippen LogP contribution in [0.2, 0.25) is 0 Å². The molecule has 0 spiro atoms. The zero-order valence-electron chi connectivity index (χ0n) is 16.5. The van der Waals surface area contributed by atoms with Gasteiger partial charge in [-0.2, -0.15) is 13.2 Å². The average Bonchev–Trinajstić information content (AvgIpc) is 3.22. The van der Waals surface area contributed by atoms with Gasteiger partial charge in [0.15, 0.2) is 11.5 Å². The van der Waals surface area contributed by atoms with Gasteiger partial charge in [-0.25, -0.2) is 18.9 Å². The van der Waals surface area contributed by atoms with Gasteiger partial charge >= 0.3 is 6.18 Å². The van der Waals surface area contributed by atoms with Gasteiger partial charge in [0.05, 0.1) is 29.0 Å². The number of benzene rings is 2. The minimum atomic E-state index is -4.45. The van der Waals surface area contributed by atoms with Crippen LogP contribution in [0, 0.1) is 0 Å². The van der Waals surface area contributed by atoms with E-state index in [4.69, 9.17) is 5.11 Å². The Balaban J connectivity index is 1.67. The van der Waals surface area contributed by atoms with Crippen molar-refractivity contribution in [2.75, 3.05) is 18.5 Å². The number of imidazole rings is 1. The summed E-state index contributed by atoms with van der Waals surface area (Å²) in [5, 5.41) is 11.8. The SMILES string of the molecule is O=S(NCCO)c1cccc(-c2cnc3c(Nc4cccc(C(F)(F)F)c4)nccn23)c1. The van der Waals surface area contributed by atoms with Crippen LogP contribution < -0.4 is 10.0 Å². The Kier molecular flexibility index (Phi) is 6.21. The molecule has 0 fully saturated rings. The highest BCUT2D eigenvalue weighted by Gasteiger charge is 2.30. The van der Waals surface area contributed by atoms with Crippen LogP contribution in [0.25, 0.3) is 16.9 Å². The van der Waals surface area contributed by atoms with Crippen LogP contribution in [0.15, 0.2) is 72.0 Å². The number of alkyl halides is 3. The van der Waals surface area contributed by atoms with Crippen LogP contribution in [0.3, 0.4) is 0 Å². The summed E-state index contributed by atoms with van der Waals surface area (Å²) in [6.45, 7) is 0.0655. The van der Waals surface area contributed by atoms with Crippen LogP contribution in [-0.4, -0.2) is 36.8 Å². The molecule has 4 aromatic rings. The number of aromatic nitrogens is 3. The molecule has 166 valence electrons. The zero-order chi connectivity index (χ0) is 22.7. The summed E-state index contributed by atoms with van der Waals surface area (Å²) in [7, 11) is -1.49. The molecule has 0 saturated heterocycles. The predicted octanol–water partition coefficient (Wildman–Crippen LogP) is 3.76. The lowest BCUT2D eigenvalue weighted by Crippen LogP contribution is -2.20. The number of hydrogen-bond acceptors (Lipinski definition) is 5. The number of rotatable bonds is 7. The molecule has 2 aromatic heterocycles. The summed E-state index contributed by atoms with van der Waals surface area (Å²) in [4.78, 5) is 9.13. The monoisotopic (exact) mass is 461 g/mol. The molecule has 1 atom stereocenters. The number of aliphatic hydroxyl groups is 1. The topological polar surface area (TPSA) is 91.5 Å². The molecule has 2 heterocycles. The summed E-state index contributed by atoms with van der Waals surface area (Å²) >= 11 is 0. The highest BCUT2D eigenvalue weighted by Crippen LogP contribution is 2.32. The van der Waals surface area contributed by atoms with Crippen molar-refractivity contribution >= 4 is 28.1 Å². The van der Waals surface area contributed by atoms with Gasteiger partial charge < -0.3 is 10.4 Å². The number of nitrogens with one attached hydrogen (secondary N) is 2. The Morgan fingerprint density at radius 3 is 2.69 bits per heavy atom. The third-order valence-electron chi connectivity index (χ3n) is 4.57. The molecule has 11 heteroatoms. The van der Waals surface area contributed by atoms with Crippen molar-refractivity contribution < 1.29 is 22.5 Å². The van der Waals surface area contributed by atoms with E-state index in [0.717, 1.165) is 17.7 Å². The third-order valence-corrected chi connectivity index (χ3v) is 5.72. The van der Waals surface area contributed by atoms with Gasteiger partial charge in [0.25, 0.3) is 0 Å². The third kappa shape index (κ3) is 4.64. The van der Waals surface area contributed by atoms with Gasteiger partial charge in [-0.15, -0.1) is 0 Å². The lowest BCUT2D eigenvalue weighted by atomic mass is 10.2. The molecule has 2 aromatic carbocycles. The fraction of sp³-hybridized carbons (Fsp3) is 0.143. The smallest absolute Gasteiger partial charge is 0.395 e.